The molecule has 164 valence electrons. The SMILES string of the molecule is CN(CCCN1CC2(CCN(C(=O)[C@H]3CCOC3)CC2)OC1=O)C1CCCCC1. The van der Waals surface area contributed by atoms with Gasteiger partial charge in [0.05, 0.1) is 19.1 Å². The van der Waals surface area contributed by atoms with Gasteiger partial charge in [-0.3, -0.25) is 4.79 Å². The summed E-state index contributed by atoms with van der Waals surface area (Å²) >= 11 is 0. The number of hydrogen-bond acceptors (Lipinski definition) is 5. The molecule has 0 unspecified atom stereocenters. The second kappa shape index (κ2) is 9.21. The summed E-state index contributed by atoms with van der Waals surface area (Å²) in [5.41, 5.74) is -0.394. The van der Waals surface area contributed by atoms with E-state index in [4.69, 9.17) is 9.47 Å². The third-order valence-electron chi connectivity index (χ3n) is 7.44. The zero-order valence-electron chi connectivity index (χ0n) is 17.9. The summed E-state index contributed by atoms with van der Waals surface area (Å²) in [6.07, 6.45) is 9.85. The Bertz CT molecular complexity index is 579. The predicted octanol–water partition coefficient (Wildman–Crippen LogP) is 2.49. The van der Waals surface area contributed by atoms with Crippen molar-refractivity contribution in [1.29, 1.82) is 0 Å². The Morgan fingerprint density at radius 1 is 1.17 bits per heavy atom. The van der Waals surface area contributed by atoms with Crippen molar-refractivity contribution < 1.29 is 19.1 Å². The van der Waals surface area contributed by atoms with Crippen LogP contribution in [0.2, 0.25) is 0 Å². The molecule has 0 aromatic carbocycles. The van der Waals surface area contributed by atoms with Crippen molar-refractivity contribution in [3.8, 4) is 0 Å². The third-order valence-corrected chi connectivity index (χ3v) is 7.44. The van der Waals surface area contributed by atoms with Gasteiger partial charge in [0.1, 0.15) is 5.60 Å². The fourth-order valence-corrected chi connectivity index (χ4v) is 5.46. The lowest BCUT2D eigenvalue weighted by Crippen LogP contribution is -2.50. The van der Waals surface area contributed by atoms with Gasteiger partial charge in [0.25, 0.3) is 0 Å². The molecule has 0 N–H and O–H groups in total. The van der Waals surface area contributed by atoms with E-state index in [2.05, 4.69) is 11.9 Å². The second-order valence-corrected chi connectivity index (χ2v) is 9.48. The summed E-state index contributed by atoms with van der Waals surface area (Å²) in [7, 11) is 2.22. The molecule has 7 nitrogen and oxygen atoms in total. The van der Waals surface area contributed by atoms with E-state index >= 15 is 0 Å². The Balaban J connectivity index is 1.20. The van der Waals surface area contributed by atoms with Crippen LogP contribution in [0.4, 0.5) is 4.79 Å². The summed E-state index contributed by atoms with van der Waals surface area (Å²) in [6, 6.07) is 0.716. The number of ether oxygens (including phenoxy) is 2. The van der Waals surface area contributed by atoms with E-state index in [1.54, 1.807) is 0 Å². The lowest BCUT2D eigenvalue weighted by molar-refractivity contribution is -0.138. The highest BCUT2D eigenvalue weighted by Gasteiger charge is 2.47. The first kappa shape index (κ1) is 20.9. The molecule has 0 bridgehead atoms. The van der Waals surface area contributed by atoms with Gasteiger partial charge in [-0.15, -0.1) is 0 Å². The molecule has 1 spiro atoms. The Morgan fingerprint density at radius 2 is 1.93 bits per heavy atom. The molecule has 1 saturated carbocycles. The van der Waals surface area contributed by atoms with Crippen LogP contribution >= 0.6 is 0 Å². The molecule has 0 aromatic rings. The molecule has 0 radical (unpaired) electrons. The van der Waals surface area contributed by atoms with E-state index in [1.807, 2.05) is 9.80 Å². The van der Waals surface area contributed by atoms with Crippen LogP contribution in [0.25, 0.3) is 0 Å². The monoisotopic (exact) mass is 407 g/mol. The topological polar surface area (TPSA) is 62.3 Å². The van der Waals surface area contributed by atoms with Gasteiger partial charge >= 0.3 is 6.09 Å². The van der Waals surface area contributed by atoms with E-state index in [9.17, 15) is 9.59 Å². The van der Waals surface area contributed by atoms with E-state index in [1.165, 1.54) is 32.1 Å². The average molecular weight is 408 g/mol. The normalized spacial score (nSPS) is 27.8. The maximum Gasteiger partial charge on any atom is 0.410 e. The molecule has 3 heterocycles. The molecule has 4 aliphatic rings. The van der Waals surface area contributed by atoms with Gasteiger partial charge in [0.2, 0.25) is 5.91 Å². The predicted molar refractivity (Wildman–Crippen MR) is 110 cm³/mol. The van der Waals surface area contributed by atoms with Crippen LogP contribution in [0.15, 0.2) is 0 Å². The first-order valence-electron chi connectivity index (χ1n) is 11.6. The standard InChI is InChI=1S/C22H37N3O4/c1-23(19-6-3-2-4-7-19)11-5-12-25-17-22(29-21(25)27)9-13-24(14-10-22)20(26)18-8-15-28-16-18/h18-19H,2-17H2,1H3/t18-/m0/s1. The first-order chi connectivity index (χ1) is 14.1. The van der Waals surface area contributed by atoms with Crippen LogP contribution in [0.1, 0.15) is 57.8 Å². The van der Waals surface area contributed by atoms with Gasteiger partial charge < -0.3 is 24.2 Å². The Morgan fingerprint density at radius 3 is 2.62 bits per heavy atom. The van der Waals surface area contributed by atoms with Crippen molar-refractivity contribution in [2.45, 2.75) is 69.4 Å². The van der Waals surface area contributed by atoms with Crippen LogP contribution in [0.3, 0.4) is 0 Å². The van der Waals surface area contributed by atoms with Crippen molar-refractivity contribution in [3.63, 3.8) is 0 Å². The second-order valence-electron chi connectivity index (χ2n) is 9.48. The van der Waals surface area contributed by atoms with E-state index < -0.39 is 5.60 Å². The van der Waals surface area contributed by atoms with Gasteiger partial charge in [0.15, 0.2) is 0 Å². The van der Waals surface area contributed by atoms with Gasteiger partial charge in [-0.25, -0.2) is 4.79 Å². The maximum absolute atomic E-state index is 12.6. The number of carbonyl (C=O) groups excluding carboxylic acids is 2. The number of rotatable bonds is 6. The van der Waals surface area contributed by atoms with Crippen LogP contribution in [-0.2, 0) is 14.3 Å². The Labute approximate surface area is 174 Å². The number of hydrogen-bond donors (Lipinski definition) is 0. The first-order valence-corrected chi connectivity index (χ1v) is 11.6. The zero-order chi connectivity index (χ0) is 20.3. The van der Waals surface area contributed by atoms with Crippen LogP contribution in [-0.4, -0.2) is 91.3 Å². The number of piperidine rings is 1. The quantitative estimate of drug-likeness (QED) is 0.677. The third kappa shape index (κ3) is 4.88. The van der Waals surface area contributed by atoms with Gasteiger partial charge in [0, 0.05) is 45.1 Å². The summed E-state index contributed by atoms with van der Waals surface area (Å²) in [4.78, 5) is 31.3. The molecule has 3 saturated heterocycles. The zero-order valence-corrected chi connectivity index (χ0v) is 17.9. The summed E-state index contributed by atoms with van der Waals surface area (Å²) in [5.74, 6) is 0.233. The number of carbonyl (C=O) groups is 2. The molecule has 4 rings (SSSR count). The highest BCUT2D eigenvalue weighted by atomic mass is 16.6. The smallest absolute Gasteiger partial charge is 0.410 e. The molecule has 1 atom stereocenters. The van der Waals surface area contributed by atoms with E-state index in [0.29, 0.717) is 38.9 Å². The lowest BCUT2D eigenvalue weighted by Gasteiger charge is -2.38. The number of nitrogens with zero attached hydrogens (tertiary/aromatic N) is 3. The average Bonchev–Trinajstić information content (AvgIpc) is 3.38. The molecule has 29 heavy (non-hydrogen) atoms. The van der Waals surface area contributed by atoms with Gasteiger partial charge in [-0.1, -0.05) is 19.3 Å². The van der Waals surface area contributed by atoms with Crippen molar-refractivity contribution in [3.05, 3.63) is 0 Å². The summed E-state index contributed by atoms with van der Waals surface area (Å²) < 4.78 is 11.2. The fraction of sp³-hybridized carbons (Fsp3) is 0.909. The summed E-state index contributed by atoms with van der Waals surface area (Å²) in [6.45, 7) is 5.08. The molecule has 4 fully saturated rings. The minimum atomic E-state index is -0.394. The highest BCUT2D eigenvalue weighted by molar-refractivity contribution is 5.79. The molecule has 7 heteroatoms. The van der Waals surface area contributed by atoms with Crippen LogP contribution in [0, 0.1) is 5.92 Å². The Kier molecular flexibility index (Phi) is 6.64. The molecule has 2 amide bonds. The van der Waals surface area contributed by atoms with Crippen molar-refractivity contribution in [2.75, 3.05) is 53.0 Å². The minimum Gasteiger partial charge on any atom is -0.441 e. The van der Waals surface area contributed by atoms with Crippen molar-refractivity contribution in [1.82, 2.24) is 14.7 Å². The molecular formula is C22H37N3O4. The summed E-state index contributed by atoms with van der Waals surface area (Å²) in [5, 5.41) is 0. The highest BCUT2D eigenvalue weighted by Crippen LogP contribution is 2.34. The van der Waals surface area contributed by atoms with Crippen molar-refractivity contribution in [2.24, 2.45) is 5.92 Å². The van der Waals surface area contributed by atoms with Crippen molar-refractivity contribution >= 4 is 12.0 Å². The Hall–Kier alpha value is -1.34. The molecule has 3 aliphatic heterocycles. The van der Waals surface area contributed by atoms with E-state index in [0.717, 1.165) is 38.8 Å². The maximum atomic E-state index is 12.6. The largest absolute Gasteiger partial charge is 0.441 e. The van der Waals surface area contributed by atoms with Crippen LogP contribution in [0.5, 0.6) is 0 Å². The molecule has 1 aliphatic carbocycles. The fourth-order valence-electron chi connectivity index (χ4n) is 5.46. The molecular weight excluding hydrogens is 370 g/mol. The molecule has 0 aromatic heterocycles. The van der Waals surface area contributed by atoms with E-state index in [-0.39, 0.29) is 17.9 Å². The minimum absolute atomic E-state index is 0.0211. The number of likely N-dealkylation sites (tertiary alicyclic amines) is 1. The number of amides is 2. The van der Waals surface area contributed by atoms with Gasteiger partial charge in [-0.05, 0) is 39.3 Å². The lowest BCUT2D eigenvalue weighted by atomic mass is 9.90. The van der Waals surface area contributed by atoms with Gasteiger partial charge in [-0.2, -0.15) is 0 Å². The van der Waals surface area contributed by atoms with Crippen LogP contribution < -0.4 is 0 Å².